The van der Waals surface area contributed by atoms with Gasteiger partial charge in [-0.05, 0) is 12.1 Å². The molecule has 0 saturated heterocycles. The molecule has 4 nitrogen and oxygen atoms in total. The van der Waals surface area contributed by atoms with E-state index in [1.165, 1.54) is 0 Å². The zero-order valence-electron chi connectivity index (χ0n) is 9.04. The minimum atomic E-state index is 0.508. The Morgan fingerprint density at radius 3 is 2.76 bits per heavy atom. The van der Waals surface area contributed by atoms with E-state index in [1.807, 2.05) is 24.3 Å². The van der Waals surface area contributed by atoms with Gasteiger partial charge in [-0.1, -0.05) is 18.2 Å². The summed E-state index contributed by atoms with van der Waals surface area (Å²) in [6.45, 7) is 0. The number of benzene rings is 1. The van der Waals surface area contributed by atoms with Crippen molar-refractivity contribution in [3.8, 4) is 11.3 Å². The number of nitrogens with zero attached hydrogens (tertiary/aromatic N) is 3. The van der Waals surface area contributed by atoms with Gasteiger partial charge in [-0.2, -0.15) is 0 Å². The number of rotatable bonds is 1. The number of fused-ring (bicyclic) bond motifs is 1. The molecule has 4 heteroatoms. The quantitative estimate of drug-likeness (QED) is 0.686. The van der Waals surface area contributed by atoms with Crippen LogP contribution in [0.15, 0.2) is 48.9 Å². The van der Waals surface area contributed by atoms with Crippen molar-refractivity contribution in [2.24, 2.45) is 0 Å². The average Bonchev–Trinajstić information content (AvgIpc) is 2.39. The third-order valence-corrected chi connectivity index (χ3v) is 2.58. The van der Waals surface area contributed by atoms with Gasteiger partial charge in [-0.15, -0.1) is 0 Å². The summed E-state index contributed by atoms with van der Waals surface area (Å²) in [5, 5.41) is 1.04. The predicted molar refractivity (Wildman–Crippen MR) is 67.2 cm³/mol. The van der Waals surface area contributed by atoms with E-state index in [0.29, 0.717) is 5.82 Å². The summed E-state index contributed by atoms with van der Waals surface area (Å²) in [5.74, 6) is 0.508. The maximum Gasteiger partial charge on any atom is 0.124 e. The molecule has 0 atom stereocenters. The van der Waals surface area contributed by atoms with Gasteiger partial charge in [0.2, 0.25) is 0 Å². The lowest BCUT2D eigenvalue weighted by Gasteiger charge is -2.05. The zero-order valence-corrected chi connectivity index (χ0v) is 9.04. The van der Waals surface area contributed by atoms with E-state index in [1.54, 1.807) is 24.7 Å². The number of anilines is 1. The SMILES string of the molecule is Nc1ccc2cccc(-c3cnccn3)c2n1. The molecule has 17 heavy (non-hydrogen) atoms. The Kier molecular flexibility index (Phi) is 2.19. The summed E-state index contributed by atoms with van der Waals surface area (Å²) in [7, 11) is 0. The lowest BCUT2D eigenvalue weighted by atomic mass is 10.1. The number of nitrogen functional groups attached to an aromatic ring is 1. The third kappa shape index (κ3) is 1.69. The van der Waals surface area contributed by atoms with Crippen molar-refractivity contribution in [2.45, 2.75) is 0 Å². The van der Waals surface area contributed by atoms with Gasteiger partial charge in [0.1, 0.15) is 5.82 Å². The first-order chi connectivity index (χ1) is 8.34. The standard InChI is InChI=1S/C13H10N4/c14-12-5-4-9-2-1-3-10(13(9)17-12)11-8-15-6-7-16-11/h1-8H,(H2,14,17). The molecule has 0 fully saturated rings. The van der Waals surface area contributed by atoms with Crippen molar-refractivity contribution in [2.75, 3.05) is 5.73 Å². The number of aromatic nitrogens is 3. The van der Waals surface area contributed by atoms with Gasteiger partial charge in [0, 0.05) is 23.3 Å². The van der Waals surface area contributed by atoms with E-state index in [-0.39, 0.29) is 0 Å². The van der Waals surface area contributed by atoms with Crippen LogP contribution < -0.4 is 5.73 Å². The normalized spacial score (nSPS) is 10.6. The van der Waals surface area contributed by atoms with Crippen LogP contribution in [0.5, 0.6) is 0 Å². The monoisotopic (exact) mass is 222 g/mol. The molecule has 0 saturated carbocycles. The second kappa shape index (κ2) is 3.83. The van der Waals surface area contributed by atoms with Gasteiger partial charge in [0.25, 0.3) is 0 Å². The fraction of sp³-hybridized carbons (Fsp3) is 0. The van der Waals surface area contributed by atoms with Gasteiger partial charge in [0.15, 0.2) is 0 Å². The average molecular weight is 222 g/mol. The number of para-hydroxylation sites is 1. The zero-order chi connectivity index (χ0) is 11.7. The van der Waals surface area contributed by atoms with Gasteiger partial charge in [-0.25, -0.2) is 4.98 Å². The molecular weight excluding hydrogens is 212 g/mol. The van der Waals surface area contributed by atoms with Crippen molar-refractivity contribution in [1.29, 1.82) is 0 Å². The Labute approximate surface area is 98.2 Å². The van der Waals surface area contributed by atoms with Crippen molar-refractivity contribution in [3.63, 3.8) is 0 Å². The molecule has 82 valence electrons. The first-order valence-corrected chi connectivity index (χ1v) is 5.26. The Morgan fingerprint density at radius 2 is 1.94 bits per heavy atom. The van der Waals surface area contributed by atoms with E-state index >= 15 is 0 Å². The van der Waals surface area contributed by atoms with Gasteiger partial charge >= 0.3 is 0 Å². The molecule has 0 aliphatic heterocycles. The lowest BCUT2D eigenvalue weighted by molar-refractivity contribution is 1.21. The smallest absolute Gasteiger partial charge is 0.124 e. The van der Waals surface area contributed by atoms with Crippen molar-refractivity contribution >= 4 is 16.7 Å². The first-order valence-electron chi connectivity index (χ1n) is 5.26. The number of hydrogen-bond donors (Lipinski definition) is 1. The highest BCUT2D eigenvalue weighted by Gasteiger charge is 2.06. The summed E-state index contributed by atoms with van der Waals surface area (Å²) in [6.07, 6.45) is 5.04. The minimum Gasteiger partial charge on any atom is -0.384 e. The third-order valence-electron chi connectivity index (χ3n) is 2.58. The fourth-order valence-corrected chi connectivity index (χ4v) is 1.81. The van der Waals surface area contributed by atoms with Crippen LogP contribution in [0.3, 0.4) is 0 Å². The molecular formula is C13H10N4. The van der Waals surface area contributed by atoms with Crippen molar-refractivity contribution < 1.29 is 0 Å². The Balaban J connectivity index is 2.33. The maximum absolute atomic E-state index is 5.72. The highest BCUT2D eigenvalue weighted by atomic mass is 14.8. The first kappa shape index (κ1) is 9.72. The minimum absolute atomic E-state index is 0.508. The molecule has 2 N–H and O–H groups in total. The van der Waals surface area contributed by atoms with Crippen LogP contribution in [0.25, 0.3) is 22.2 Å². The molecule has 3 aromatic rings. The van der Waals surface area contributed by atoms with Crippen LogP contribution >= 0.6 is 0 Å². The molecule has 0 radical (unpaired) electrons. The van der Waals surface area contributed by atoms with Gasteiger partial charge in [0.05, 0.1) is 17.4 Å². The van der Waals surface area contributed by atoms with Crippen LogP contribution in [-0.4, -0.2) is 15.0 Å². The maximum atomic E-state index is 5.72. The van der Waals surface area contributed by atoms with Gasteiger partial charge in [-0.3, -0.25) is 9.97 Å². The second-order valence-corrected chi connectivity index (χ2v) is 3.70. The molecule has 1 aromatic carbocycles. The van der Waals surface area contributed by atoms with Crippen molar-refractivity contribution in [1.82, 2.24) is 15.0 Å². The molecule has 0 bridgehead atoms. The van der Waals surface area contributed by atoms with E-state index in [2.05, 4.69) is 15.0 Å². The van der Waals surface area contributed by atoms with Crippen LogP contribution in [0.1, 0.15) is 0 Å². The van der Waals surface area contributed by atoms with Crippen molar-refractivity contribution in [3.05, 3.63) is 48.9 Å². The number of nitrogens with two attached hydrogens (primary N) is 1. The summed E-state index contributed by atoms with van der Waals surface area (Å²) in [4.78, 5) is 12.7. The van der Waals surface area contributed by atoms with Gasteiger partial charge < -0.3 is 5.73 Å². The van der Waals surface area contributed by atoms with E-state index in [0.717, 1.165) is 22.2 Å². The highest BCUT2D eigenvalue weighted by molar-refractivity contribution is 5.93. The molecule has 0 amide bonds. The molecule has 0 unspecified atom stereocenters. The van der Waals surface area contributed by atoms with Crippen LogP contribution in [0, 0.1) is 0 Å². The summed E-state index contributed by atoms with van der Waals surface area (Å²) >= 11 is 0. The predicted octanol–water partition coefficient (Wildman–Crippen LogP) is 2.27. The second-order valence-electron chi connectivity index (χ2n) is 3.70. The Bertz CT molecular complexity index is 665. The summed E-state index contributed by atoms with van der Waals surface area (Å²) in [6, 6.07) is 9.70. The van der Waals surface area contributed by atoms with Crippen LogP contribution in [-0.2, 0) is 0 Å². The Hall–Kier alpha value is -2.49. The Morgan fingerprint density at radius 1 is 1.00 bits per heavy atom. The fourth-order valence-electron chi connectivity index (χ4n) is 1.81. The lowest BCUT2D eigenvalue weighted by Crippen LogP contribution is -1.92. The molecule has 2 aromatic heterocycles. The topological polar surface area (TPSA) is 64.7 Å². The highest BCUT2D eigenvalue weighted by Crippen LogP contribution is 2.25. The largest absolute Gasteiger partial charge is 0.384 e. The number of pyridine rings is 1. The van der Waals surface area contributed by atoms with Crippen LogP contribution in [0.4, 0.5) is 5.82 Å². The molecule has 2 heterocycles. The molecule has 3 rings (SSSR count). The molecule has 0 spiro atoms. The van der Waals surface area contributed by atoms with E-state index in [4.69, 9.17) is 5.73 Å². The van der Waals surface area contributed by atoms with E-state index in [9.17, 15) is 0 Å². The molecule has 0 aliphatic carbocycles. The summed E-state index contributed by atoms with van der Waals surface area (Å²) < 4.78 is 0. The summed E-state index contributed by atoms with van der Waals surface area (Å²) in [5.41, 5.74) is 8.33. The number of hydrogen-bond acceptors (Lipinski definition) is 4. The van der Waals surface area contributed by atoms with Crippen LogP contribution in [0.2, 0.25) is 0 Å². The molecule has 0 aliphatic rings. The van der Waals surface area contributed by atoms with E-state index < -0.39 is 0 Å².